The van der Waals surface area contributed by atoms with Crippen molar-refractivity contribution >= 4 is 11.9 Å². The molecule has 4 nitrogen and oxygen atoms in total. The normalized spacial score (nSPS) is 11.1. The highest BCUT2D eigenvalue weighted by Crippen LogP contribution is 2.21. The fraction of sp³-hybridized carbons (Fsp3) is 0.800. The Morgan fingerprint density at radius 3 is 2.36 bits per heavy atom. The van der Waals surface area contributed by atoms with Gasteiger partial charge in [0.1, 0.15) is 0 Å². The summed E-state index contributed by atoms with van der Waals surface area (Å²) < 4.78 is 0. The Labute approximate surface area is 84.7 Å². The van der Waals surface area contributed by atoms with Crippen LogP contribution < -0.4 is 5.32 Å². The van der Waals surface area contributed by atoms with Gasteiger partial charge in [-0.2, -0.15) is 0 Å². The van der Waals surface area contributed by atoms with Crippen molar-refractivity contribution in [1.82, 2.24) is 5.32 Å². The molecule has 0 aliphatic rings. The summed E-state index contributed by atoms with van der Waals surface area (Å²) in [4.78, 5) is 21.7. The molecule has 0 heterocycles. The highest BCUT2D eigenvalue weighted by atomic mass is 16.4. The molecule has 0 aromatic carbocycles. The van der Waals surface area contributed by atoms with Gasteiger partial charge in [0.2, 0.25) is 5.91 Å². The van der Waals surface area contributed by atoms with Crippen LogP contribution in [-0.4, -0.2) is 23.5 Å². The van der Waals surface area contributed by atoms with E-state index < -0.39 is 11.4 Å². The molecule has 4 heteroatoms. The third kappa shape index (κ3) is 4.84. The molecule has 0 atom stereocenters. The second-order valence-corrected chi connectivity index (χ2v) is 4.03. The van der Waals surface area contributed by atoms with E-state index in [1.54, 1.807) is 0 Å². The van der Waals surface area contributed by atoms with Gasteiger partial charge in [-0.25, -0.2) is 0 Å². The van der Waals surface area contributed by atoms with Crippen LogP contribution in [0.3, 0.4) is 0 Å². The largest absolute Gasteiger partial charge is 0.481 e. The maximum Gasteiger partial charge on any atom is 0.305 e. The van der Waals surface area contributed by atoms with E-state index in [0.29, 0.717) is 0 Å². The number of carboxylic acids is 1. The summed E-state index contributed by atoms with van der Waals surface area (Å²) >= 11 is 0. The van der Waals surface area contributed by atoms with Gasteiger partial charge < -0.3 is 10.4 Å². The molecule has 0 saturated heterocycles. The number of carbonyl (C=O) groups is 2. The molecule has 0 aromatic rings. The van der Waals surface area contributed by atoms with Crippen molar-refractivity contribution in [2.75, 3.05) is 6.54 Å². The summed E-state index contributed by atoms with van der Waals surface area (Å²) in [5, 5.41) is 11.0. The van der Waals surface area contributed by atoms with Crippen molar-refractivity contribution in [2.45, 2.75) is 40.0 Å². The topological polar surface area (TPSA) is 66.4 Å². The zero-order valence-electron chi connectivity index (χ0n) is 9.09. The monoisotopic (exact) mass is 201 g/mol. The Bertz CT molecular complexity index is 211. The predicted octanol–water partition coefficient (Wildman–Crippen LogP) is 1.40. The fourth-order valence-electron chi connectivity index (χ4n) is 1.26. The molecular weight excluding hydrogens is 182 g/mol. The molecule has 2 N–H and O–H groups in total. The number of hydrogen-bond donors (Lipinski definition) is 2. The van der Waals surface area contributed by atoms with Crippen LogP contribution in [0.2, 0.25) is 0 Å². The second kappa shape index (κ2) is 5.62. The van der Waals surface area contributed by atoms with Gasteiger partial charge in [-0.05, 0) is 6.42 Å². The highest BCUT2D eigenvalue weighted by molar-refractivity contribution is 5.82. The number of rotatable bonds is 6. The van der Waals surface area contributed by atoms with E-state index in [2.05, 4.69) is 5.32 Å². The summed E-state index contributed by atoms with van der Waals surface area (Å²) in [5.74, 6) is -0.959. The molecule has 14 heavy (non-hydrogen) atoms. The molecule has 0 unspecified atom stereocenters. The Morgan fingerprint density at radius 2 is 1.93 bits per heavy atom. The van der Waals surface area contributed by atoms with Gasteiger partial charge in [-0.1, -0.05) is 27.2 Å². The average Bonchev–Trinajstić information content (AvgIpc) is 2.03. The molecule has 0 aliphatic heterocycles. The number of carboxylic acid groups (broad SMARTS) is 1. The summed E-state index contributed by atoms with van der Waals surface area (Å²) in [7, 11) is 0. The second-order valence-electron chi connectivity index (χ2n) is 4.03. The van der Waals surface area contributed by atoms with E-state index in [0.717, 1.165) is 12.8 Å². The zero-order chi connectivity index (χ0) is 11.2. The lowest BCUT2D eigenvalue weighted by molar-refractivity contribution is -0.137. The Kier molecular flexibility index (Phi) is 5.20. The van der Waals surface area contributed by atoms with Gasteiger partial charge in [-0.15, -0.1) is 0 Å². The lowest BCUT2D eigenvalue weighted by atomic mass is 9.87. The van der Waals surface area contributed by atoms with E-state index in [4.69, 9.17) is 5.11 Å². The molecule has 0 radical (unpaired) electrons. The van der Waals surface area contributed by atoms with Crippen LogP contribution >= 0.6 is 0 Å². The molecule has 0 fully saturated rings. The highest BCUT2D eigenvalue weighted by Gasteiger charge is 2.25. The number of amides is 1. The maximum absolute atomic E-state index is 11.5. The van der Waals surface area contributed by atoms with E-state index in [-0.39, 0.29) is 18.9 Å². The molecule has 82 valence electrons. The summed E-state index contributed by atoms with van der Waals surface area (Å²) in [6.45, 7) is 5.97. The van der Waals surface area contributed by atoms with Crippen molar-refractivity contribution in [3.63, 3.8) is 0 Å². The van der Waals surface area contributed by atoms with Gasteiger partial charge in [0, 0.05) is 12.0 Å². The molecule has 0 bridgehead atoms. The minimum atomic E-state index is -0.890. The van der Waals surface area contributed by atoms with Gasteiger partial charge >= 0.3 is 5.97 Å². The SMILES string of the molecule is CCCC(C)(C)C(=O)NCCC(=O)O. The molecule has 0 aromatic heterocycles. The molecular formula is C10H19NO3. The molecule has 0 aliphatic carbocycles. The van der Waals surface area contributed by atoms with Gasteiger partial charge in [-0.3, -0.25) is 9.59 Å². The van der Waals surface area contributed by atoms with Gasteiger partial charge in [0.05, 0.1) is 6.42 Å². The van der Waals surface area contributed by atoms with Crippen LogP contribution in [0.25, 0.3) is 0 Å². The van der Waals surface area contributed by atoms with E-state index in [1.165, 1.54) is 0 Å². The number of hydrogen-bond acceptors (Lipinski definition) is 2. The van der Waals surface area contributed by atoms with Crippen molar-refractivity contribution in [2.24, 2.45) is 5.41 Å². The molecule has 0 rings (SSSR count). The van der Waals surface area contributed by atoms with Gasteiger partial charge in [0.25, 0.3) is 0 Å². The summed E-state index contributed by atoms with van der Waals surface area (Å²) in [5.41, 5.74) is -0.396. The number of nitrogens with one attached hydrogen (secondary N) is 1. The Balaban J connectivity index is 3.88. The predicted molar refractivity (Wildman–Crippen MR) is 54.0 cm³/mol. The van der Waals surface area contributed by atoms with Crippen molar-refractivity contribution in [3.8, 4) is 0 Å². The standard InChI is InChI=1S/C10H19NO3/c1-4-6-10(2,3)9(14)11-7-5-8(12)13/h4-7H2,1-3H3,(H,11,14)(H,12,13). The first kappa shape index (κ1) is 12.9. The van der Waals surface area contributed by atoms with E-state index in [9.17, 15) is 9.59 Å². The smallest absolute Gasteiger partial charge is 0.305 e. The van der Waals surface area contributed by atoms with Crippen LogP contribution in [0.5, 0.6) is 0 Å². The molecule has 0 saturated carbocycles. The third-order valence-electron chi connectivity index (χ3n) is 2.11. The fourth-order valence-corrected chi connectivity index (χ4v) is 1.26. The molecule has 1 amide bonds. The van der Waals surface area contributed by atoms with Crippen molar-refractivity contribution < 1.29 is 14.7 Å². The van der Waals surface area contributed by atoms with Crippen LogP contribution in [0.15, 0.2) is 0 Å². The Hall–Kier alpha value is -1.06. The minimum absolute atomic E-state index is 0.0199. The third-order valence-corrected chi connectivity index (χ3v) is 2.11. The average molecular weight is 201 g/mol. The van der Waals surface area contributed by atoms with Crippen LogP contribution in [0, 0.1) is 5.41 Å². The van der Waals surface area contributed by atoms with Gasteiger partial charge in [0.15, 0.2) is 0 Å². The first-order valence-corrected chi connectivity index (χ1v) is 4.90. The van der Waals surface area contributed by atoms with Crippen LogP contribution in [0.4, 0.5) is 0 Å². The maximum atomic E-state index is 11.5. The minimum Gasteiger partial charge on any atom is -0.481 e. The quantitative estimate of drug-likeness (QED) is 0.682. The zero-order valence-corrected chi connectivity index (χ0v) is 9.09. The Morgan fingerprint density at radius 1 is 1.36 bits per heavy atom. The summed E-state index contributed by atoms with van der Waals surface area (Å²) in [6, 6.07) is 0. The number of aliphatic carboxylic acids is 1. The van der Waals surface area contributed by atoms with Crippen molar-refractivity contribution in [1.29, 1.82) is 0 Å². The summed E-state index contributed by atoms with van der Waals surface area (Å²) in [6.07, 6.45) is 1.74. The first-order valence-electron chi connectivity index (χ1n) is 4.90. The lowest BCUT2D eigenvalue weighted by Crippen LogP contribution is -2.37. The van der Waals surface area contributed by atoms with E-state index >= 15 is 0 Å². The number of carbonyl (C=O) groups excluding carboxylic acids is 1. The van der Waals surface area contributed by atoms with Crippen molar-refractivity contribution in [3.05, 3.63) is 0 Å². The van der Waals surface area contributed by atoms with E-state index in [1.807, 2.05) is 20.8 Å². The lowest BCUT2D eigenvalue weighted by Gasteiger charge is -2.22. The van der Waals surface area contributed by atoms with Crippen LogP contribution in [0.1, 0.15) is 40.0 Å². The first-order chi connectivity index (χ1) is 6.40. The van der Waals surface area contributed by atoms with Crippen LogP contribution in [-0.2, 0) is 9.59 Å². The molecule has 0 spiro atoms.